The summed E-state index contributed by atoms with van der Waals surface area (Å²) in [5.41, 5.74) is 2.44. The lowest BCUT2D eigenvalue weighted by atomic mass is 10.0. The molecule has 0 unspecified atom stereocenters. The van der Waals surface area contributed by atoms with Gasteiger partial charge in [-0.05, 0) is 59.6 Å². The molecule has 8 nitrogen and oxygen atoms in total. The predicted molar refractivity (Wildman–Crippen MR) is 123 cm³/mol. The molecule has 1 saturated heterocycles. The number of hydrogen-bond donors (Lipinski definition) is 1. The van der Waals surface area contributed by atoms with Gasteiger partial charge in [-0.25, -0.2) is 18.4 Å². The van der Waals surface area contributed by atoms with Crippen molar-refractivity contribution in [3.8, 4) is 0 Å². The second-order valence-electron chi connectivity index (χ2n) is 8.38. The number of thiazole rings is 1. The number of carbonyl (C=O) groups is 1. The van der Waals surface area contributed by atoms with Crippen LogP contribution in [0, 0.1) is 6.92 Å². The average Bonchev–Trinajstić information content (AvgIpc) is 3.14. The number of nitrogens with one attached hydrogen (secondary N) is 1. The third kappa shape index (κ3) is 5.24. The maximum Gasteiger partial charge on any atom is 0.263 e. The van der Waals surface area contributed by atoms with E-state index >= 15 is 0 Å². The van der Waals surface area contributed by atoms with E-state index < -0.39 is 10.0 Å². The molecular weight excluding hydrogens is 434 g/mol. The first kappa shape index (κ1) is 23.6. The van der Waals surface area contributed by atoms with Crippen molar-refractivity contribution in [2.75, 3.05) is 18.0 Å². The summed E-state index contributed by atoms with van der Waals surface area (Å²) in [6.45, 7) is 10.8. The third-order valence-corrected chi connectivity index (χ3v) is 8.58. The summed E-state index contributed by atoms with van der Waals surface area (Å²) in [6, 6.07) is 3.25. The zero-order valence-corrected chi connectivity index (χ0v) is 20.3. The summed E-state index contributed by atoms with van der Waals surface area (Å²) < 4.78 is 27.5. The number of rotatable bonds is 7. The van der Waals surface area contributed by atoms with Crippen LogP contribution in [0.25, 0.3) is 0 Å². The molecule has 1 N–H and O–H groups in total. The Bertz CT molecular complexity index is 986. The molecule has 0 radical (unpaired) electrons. The molecule has 1 aliphatic heterocycles. The van der Waals surface area contributed by atoms with Crippen molar-refractivity contribution < 1.29 is 13.2 Å². The zero-order valence-electron chi connectivity index (χ0n) is 18.7. The maximum atomic E-state index is 13.0. The van der Waals surface area contributed by atoms with Crippen LogP contribution in [-0.4, -0.2) is 59.8 Å². The van der Waals surface area contributed by atoms with Crippen LogP contribution in [0.3, 0.4) is 0 Å². The normalized spacial score (nSPS) is 15.8. The Labute approximate surface area is 188 Å². The molecule has 3 rings (SSSR count). The molecule has 3 heterocycles. The smallest absolute Gasteiger partial charge is 0.263 e. The second kappa shape index (κ2) is 9.62. The summed E-state index contributed by atoms with van der Waals surface area (Å²) in [5, 5.41) is 3.10. The summed E-state index contributed by atoms with van der Waals surface area (Å²) in [4.78, 5) is 24.0. The highest BCUT2D eigenvalue weighted by Crippen LogP contribution is 2.24. The Balaban J connectivity index is 1.61. The van der Waals surface area contributed by atoms with Crippen LogP contribution in [-0.2, 0) is 10.0 Å². The van der Waals surface area contributed by atoms with Crippen LogP contribution in [0.5, 0.6) is 0 Å². The standard InChI is InChI=1S/C21H31N5O3S2/c1-14(2)26(15(3)4)31(28,29)18-6-7-19(22-12-18)25-10-8-17(9-11-25)24-21(27)20-16(5)23-13-30-20/h6-7,12-15,17H,8-11H2,1-5H3,(H,24,27). The van der Waals surface area contributed by atoms with Gasteiger partial charge in [-0.3, -0.25) is 4.79 Å². The molecule has 2 aromatic heterocycles. The monoisotopic (exact) mass is 465 g/mol. The van der Waals surface area contributed by atoms with Crippen molar-refractivity contribution >= 4 is 33.1 Å². The molecule has 1 amide bonds. The molecule has 0 atom stereocenters. The number of aryl methyl sites for hydroxylation is 1. The van der Waals surface area contributed by atoms with Gasteiger partial charge in [0.1, 0.15) is 15.6 Å². The van der Waals surface area contributed by atoms with Crippen LogP contribution in [0.1, 0.15) is 55.9 Å². The van der Waals surface area contributed by atoms with Gasteiger partial charge < -0.3 is 10.2 Å². The van der Waals surface area contributed by atoms with E-state index in [1.807, 2.05) is 34.6 Å². The lowest BCUT2D eigenvalue weighted by Crippen LogP contribution is -2.45. The Morgan fingerprint density at radius 1 is 1.16 bits per heavy atom. The fraction of sp³-hybridized carbons (Fsp3) is 0.571. The second-order valence-corrected chi connectivity index (χ2v) is 11.1. The first-order valence-corrected chi connectivity index (χ1v) is 12.9. The Kier molecular flexibility index (Phi) is 7.33. The SMILES string of the molecule is Cc1ncsc1C(=O)NC1CCN(c2ccc(S(=O)(=O)N(C(C)C)C(C)C)cn2)CC1. The van der Waals surface area contributed by atoms with Gasteiger partial charge in [-0.1, -0.05) is 0 Å². The number of pyridine rings is 1. The van der Waals surface area contributed by atoms with Gasteiger partial charge >= 0.3 is 0 Å². The molecular formula is C21H31N5O3S2. The molecule has 2 aromatic rings. The highest BCUT2D eigenvalue weighted by atomic mass is 32.2. The van der Waals surface area contributed by atoms with Crippen molar-refractivity contribution in [2.45, 2.75) is 70.5 Å². The minimum atomic E-state index is -3.59. The number of nitrogens with zero attached hydrogens (tertiary/aromatic N) is 4. The Hall–Kier alpha value is -2.04. The van der Waals surface area contributed by atoms with Gasteiger partial charge in [-0.15, -0.1) is 11.3 Å². The zero-order chi connectivity index (χ0) is 22.8. The molecule has 0 aliphatic carbocycles. The van der Waals surface area contributed by atoms with Crippen LogP contribution >= 0.6 is 11.3 Å². The van der Waals surface area contributed by atoms with Crippen LogP contribution < -0.4 is 10.2 Å². The van der Waals surface area contributed by atoms with Gasteiger partial charge in [0, 0.05) is 37.4 Å². The van der Waals surface area contributed by atoms with E-state index in [1.54, 1.807) is 17.6 Å². The number of hydrogen-bond acceptors (Lipinski definition) is 7. The lowest BCUT2D eigenvalue weighted by molar-refractivity contribution is 0.0934. The van der Waals surface area contributed by atoms with Crippen molar-refractivity contribution in [1.29, 1.82) is 0 Å². The van der Waals surface area contributed by atoms with Crippen molar-refractivity contribution in [1.82, 2.24) is 19.6 Å². The number of carbonyl (C=O) groups excluding carboxylic acids is 1. The first-order chi connectivity index (χ1) is 14.6. The quantitative estimate of drug-likeness (QED) is 0.675. The molecule has 10 heteroatoms. The van der Waals surface area contributed by atoms with Crippen molar-refractivity contribution in [2.24, 2.45) is 0 Å². The minimum Gasteiger partial charge on any atom is -0.356 e. The average molecular weight is 466 g/mol. The topological polar surface area (TPSA) is 95.5 Å². The van der Waals surface area contributed by atoms with Crippen LogP contribution in [0.4, 0.5) is 5.82 Å². The van der Waals surface area contributed by atoms with Crippen molar-refractivity contribution in [3.05, 3.63) is 34.4 Å². The lowest BCUT2D eigenvalue weighted by Gasteiger charge is -2.33. The minimum absolute atomic E-state index is 0.0639. The molecule has 0 spiro atoms. The molecule has 0 aromatic carbocycles. The number of anilines is 1. The van der Waals surface area contributed by atoms with E-state index in [2.05, 4.69) is 20.2 Å². The third-order valence-electron chi connectivity index (χ3n) is 5.42. The van der Waals surface area contributed by atoms with Gasteiger partial charge in [0.2, 0.25) is 10.0 Å². The van der Waals surface area contributed by atoms with Gasteiger partial charge in [0.15, 0.2) is 0 Å². The van der Waals surface area contributed by atoms with E-state index in [0.29, 0.717) is 4.88 Å². The molecule has 1 aliphatic rings. The van der Waals surface area contributed by atoms with E-state index in [-0.39, 0.29) is 28.9 Å². The summed E-state index contributed by atoms with van der Waals surface area (Å²) >= 11 is 1.36. The highest BCUT2D eigenvalue weighted by molar-refractivity contribution is 7.89. The first-order valence-electron chi connectivity index (χ1n) is 10.6. The Morgan fingerprint density at radius 3 is 2.29 bits per heavy atom. The van der Waals surface area contributed by atoms with Gasteiger partial charge in [0.25, 0.3) is 5.91 Å². The fourth-order valence-electron chi connectivity index (χ4n) is 4.01. The van der Waals surface area contributed by atoms with E-state index in [0.717, 1.165) is 37.4 Å². The highest BCUT2D eigenvalue weighted by Gasteiger charge is 2.30. The van der Waals surface area contributed by atoms with E-state index in [4.69, 9.17) is 0 Å². The molecule has 1 fully saturated rings. The summed E-state index contributed by atoms with van der Waals surface area (Å²) in [5.74, 6) is 0.689. The largest absolute Gasteiger partial charge is 0.356 e. The Morgan fingerprint density at radius 2 is 1.81 bits per heavy atom. The number of sulfonamides is 1. The molecule has 0 bridgehead atoms. The predicted octanol–water partition coefficient (Wildman–Crippen LogP) is 3.05. The van der Waals surface area contributed by atoms with E-state index in [1.165, 1.54) is 21.8 Å². The van der Waals surface area contributed by atoms with E-state index in [9.17, 15) is 13.2 Å². The number of piperidine rings is 1. The summed E-state index contributed by atoms with van der Waals surface area (Å²) in [6.07, 6.45) is 3.06. The molecule has 31 heavy (non-hydrogen) atoms. The van der Waals surface area contributed by atoms with Crippen LogP contribution in [0.15, 0.2) is 28.7 Å². The molecule has 0 saturated carbocycles. The van der Waals surface area contributed by atoms with Gasteiger partial charge in [0.05, 0.1) is 11.2 Å². The number of aromatic nitrogens is 2. The van der Waals surface area contributed by atoms with Crippen LogP contribution in [0.2, 0.25) is 0 Å². The number of amides is 1. The van der Waals surface area contributed by atoms with Crippen molar-refractivity contribution in [3.63, 3.8) is 0 Å². The maximum absolute atomic E-state index is 13.0. The van der Waals surface area contributed by atoms with Gasteiger partial charge in [-0.2, -0.15) is 4.31 Å². The molecule has 170 valence electrons. The fourth-order valence-corrected chi connectivity index (χ4v) is 6.49. The summed E-state index contributed by atoms with van der Waals surface area (Å²) in [7, 11) is -3.59.